The Morgan fingerprint density at radius 1 is 1.41 bits per heavy atom. The molecule has 0 saturated heterocycles. The number of hydrogen-bond donors (Lipinski definition) is 1. The highest BCUT2D eigenvalue weighted by Crippen LogP contribution is 2.36. The molecular formula is C14H16FNO. The van der Waals surface area contributed by atoms with Crippen molar-refractivity contribution < 1.29 is 9.13 Å². The predicted molar refractivity (Wildman–Crippen MR) is 67.6 cm³/mol. The number of hydrogen-bond acceptors (Lipinski definition) is 2. The van der Waals surface area contributed by atoms with Gasteiger partial charge in [-0.3, -0.25) is 0 Å². The van der Waals surface area contributed by atoms with Gasteiger partial charge in [0.15, 0.2) is 5.67 Å². The second-order valence-corrected chi connectivity index (χ2v) is 4.30. The van der Waals surface area contributed by atoms with E-state index in [4.69, 9.17) is 10.5 Å². The Bertz CT molecular complexity index is 477. The van der Waals surface area contributed by atoms with Crippen LogP contribution < -0.4 is 10.5 Å². The SMILES string of the molecule is COc1cccc(C2=CC=CC(N)C2(C)F)c1. The maximum atomic E-state index is 14.6. The van der Waals surface area contributed by atoms with Gasteiger partial charge in [0.05, 0.1) is 13.2 Å². The van der Waals surface area contributed by atoms with E-state index >= 15 is 0 Å². The van der Waals surface area contributed by atoms with E-state index in [1.54, 1.807) is 25.3 Å². The van der Waals surface area contributed by atoms with E-state index in [0.717, 1.165) is 5.56 Å². The lowest BCUT2D eigenvalue weighted by atomic mass is 9.82. The Morgan fingerprint density at radius 3 is 2.88 bits per heavy atom. The third-order valence-electron chi connectivity index (χ3n) is 3.11. The molecule has 0 aromatic heterocycles. The summed E-state index contributed by atoms with van der Waals surface area (Å²) >= 11 is 0. The molecule has 2 nitrogen and oxygen atoms in total. The van der Waals surface area contributed by atoms with Gasteiger partial charge in [0.1, 0.15) is 5.75 Å². The van der Waals surface area contributed by atoms with E-state index < -0.39 is 11.7 Å². The monoisotopic (exact) mass is 233 g/mol. The molecule has 2 rings (SSSR count). The van der Waals surface area contributed by atoms with Gasteiger partial charge in [0, 0.05) is 0 Å². The van der Waals surface area contributed by atoms with Crippen LogP contribution in [0, 0.1) is 0 Å². The zero-order valence-corrected chi connectivity index (χ0v) is 9.98. The van der Waals surface area contributed by atoms with Crippen LogP contribution in [0.15, 0.2) is 42.5 Å². The molecule has 0 heterocycles. The molecule has 17 heavy (non-hydrogen) atoms. The Hall–Kier alpha value is -1.61. The lowest BCUT2D eigenvalue weighted by molar-refractivity contribution is 0.245. The molecular weight excluding hydrogens is 217 g/mol. The number of halogens is 1. The summed E-state index contributed by atoms with van der Waals surface area (Å²) in [5.74, 6) is 0.710. The molecule has 0 fully saturated rings. The van der Waals surface area contributed by atoms with E-state index in [2.05, 4.69) is 0 Å². The molecule has 3 heteroatoms. The van der Waals surface area contributed by atoms with Crippen LogP contribution in [0.5, 0.6) is 5.75 Å². The van der Waals surface area contributed by atoms with Crippen LogP contribution in [0.4, 0.5) is 4.39 Å². The van der Waals surface area contributed by atoms with Gasteiger partial charge in [-0.2, -0.15) is 0 Å². The number of alkyl halides is 1. The fourth-order valence-corrected chi connectivity index (χ4v) is 1.96. The summed E-state index contributed by atoms with van der Waals surface area (Å²) in [7, 11) is 1.59. The Morgan fingerprint density at radius 2 is 2.18 bits per heavy atom. The first-order chi connectivity index (χ1) is 8.05. The van der Waals surface area contributed by atoms with Crippen LogP contribution in [0.2, 0.25) is 0 Å². The molecule has 0 aliphatic heterocycles. The summed E-state index contributed by atoms with van der Waals surface area (Å²) < 4.78 is 19.7. The van der Waals surface area contributed by atoms with E-state index in [9.17, 15) is 4.39 Å². The van der Waals surface area contributed by atoms with Gasteiger partial charge < -0.3 is 10.5 Å². The molecule has 1 aromatic carbocycles. The zero-order chi connectivity index (χ0) is 12.5. The van der Waals surface area contributed by atoms with Gasteiger partial charge in [-0.05, 0) is 30.2 Å². The summed E-state index contributed by atoms with van der Waals surface area (Å²) in [5, 5.41) is 0. The van der Waals surface area contributed by atoms with Crippen molar-refractivity contribution in [2.45, 2.75) is 18.6 Å². The topological polar surface area (TPSA) is 35.2 Å². The summed E-state index contributed by atoms with van der Waals surface area (Å²) in [6.45, 7) is 1.51. The van der Waals surface area contributed by atoms with E-state index in [1.807, 2.05) is 24.3 Å². The predicted octanol–water partition coefficient (Wildman–Crippen LogP) is 2.70. The molecule has 0 radical (unpaired) electrons. The van der Waals surface area contributed by atoms with Crippen LogP contribution in [0.1, 0.15) is 12.5 Å². The number of ether oxygens (including phenoxy) is 1. The molecule has 2 N–H and O–H groups in total. The highest BCUT2D eigenvalue weighted by Gasteiger charge is 2.36. The third kappa shape index (κ3) is 2.11. The molecule has 0 bridgehead atoms. The van der Waals surface area contributed by atoms with Gasteiger partial charge in [-0.1, -0.05) is 30.4 Å². The standard InChI is InChI=1S/C14H16FNO/c1-14(15)12(7-4-8-13(14)16)10-5-3-6-11(9-10)17-2/h3-9,13H,16H2,1-2H3. The lowest BCUT2D eigenvalue weighted by Crippen LogP contribution is -2.42. The van der Waals surface area contributed by atoms with Crippen molar-refractivity contribution in [2.75, 3.05) is 7.11 Å². The Kier molecular flexibility index (Phi) is 3.03. The molecule has 1 aliphatic carbocycles. The van der Waals surface area contributed by atoms with Crippen LogP contribution in [-0.4, -0.2) is 18.8 Å². The van der Waals surface area contributed by atoms with Gasteiger partial charge in [-0.15, -0.1) is 0 Å². The number of nitrogens with two attached hydrogens (primary N) is 1. The number of methoxy groups -OCH3 is 1. The number of rotatable bonds is 2. The van der Waals surface area contributed by atoms with E-state index in [-0.39, 0.29) is 0 Å². The summed E-state index contributed by atoms with van der Waals surface area (Å²) in [4.78, 5) is 0. The number of benzene rings is 1. The van der Waals surface area contributed by atoms with Gasteiger partial charge in [0.25, 0.3) is 0 Å². The summed E-state index contributed by atoms with van der Waals surface area (Å²) in [6, 6.07) is 6.73. The van der Waals surface area contributed by atoms with Crippen LogP contribution in [0.25, 0.3) is 5.57 Å². The second-order valence-electron chi connectivity index (χ2n) is 4.30. The summed E-state index contributed by atoms with van der Waals surface area (Å²) in [5.41, 5.74) is 5.61. The molecule has 2 unspecified atom stereocenters. The smallest absolute Gasteiger partial charge is 0.152 e. The molecule has 1 aromatic rings. The Labute approximate surface area is 101 Å². The normalized spacial score (nSPS) is 27.8. The third-order valence-corrected chi connectivity index (χ3v) is 3.11. The van der Waals surface area contributed by atoms with Crippen molar-refractivity contribution in [1.29, 1.82) is 0 Å². The van der Waals surface area contributed by atoms with E-state index in [1.165, 1.54) is 6.92 Å². The first-order valence-electron chi connectivity index (χ1n) is 5.53. The molecule has 2 atom stereocenters. The van der Waals surface area contributed by atoms with Crippen LogP contribution >= 0.6 is 0 Å². The average Bonchev–Trinajstić information content (AvgIpc) is 2.32. The Balaban J connectivity index is 2.45. The average molecular weight is 233 g/mol. The maximum Gasteiger partial charge on any atom is 0.152 e. The minimum atomic E-state index is -1.55. The fraction of sp³-hybridized carbons (Fsp3) is 0.286. The van der Waals surface area contributed by atoms with Crippen molar-refractivity contribution in [2.24, 2.45) is 5.73 Å². The maximum absolute atomic E-state index is 14.6. The highest BCUT2D eigenvalue weighted by molar-refractivity contribution is 5.76. The first kappa shape index (κ1) is 11.9. The van der Waals surface area contributed by atoms with Crippen molar-refractivity contribution >= 4 is 5.57 Å². The van der Waals surface area contributed by atoms with Crippen molar-refractivity contribution in [3.63, 3.8) is 0 Å². The van der Waals surface area contributed by atoms with Crippen molar-refractivity contribution in [3.8, 4) is 5.75 Å². The molecule has 1 aliphatic rings. The fourth-order valence-electron chi connectivity index (χ4n) is 1.96. The molecule has 0 amide bonds. The molecule has 90 valence electrons. The largest absolute Gasteiger partial charge is 0.497 e. The summed E-state index contributed by atoms with van der Waals surface area (Å²) in [6.07, 6.45) is 5.22. The first-order valence-corrected chi connectivity index (χ1v) is 5.53. The van der Waals surface area contributed by atoms with Crippen LogP contribution in [-0.2, 0) is 0 Å². The van der Waals surface area contributed by atoms with Gasteiger partial charge in [0.2, 0.25) is 0 Å². The molecule has 0 spiro atoms. The van der Waals surface area contributed by atoms with Gasteiger partial charge in [-0.25, -0.2) is 4.39 Å². The highest BCUT2D eigenvalue weighted by atomic mass is 19.1. The van der Waals surface area contributed by atoms with E-state index in [0.29, 0.717) is 11.3 Å². The number of allylic oxidation sites excluding steroid dienone is 2. The lowest BCUT2D eigenvalue weighted by Gasteiger charge is -2.31. The van der Waals surface area contributed by atoms with Crippen LogP contribution in [0.3, 0.4) is 0 Å². The minimum absolute atomic E-state index is 0.589. The minimum Gasteiger partial charge on any atom is -0.497 e. The zero-order valence-electron chi connectivity index (χ0n) is 9.98. The van der Waals surface area contributed by atoms with Crippen molar-refractivity contribution in [1.82, 2.24) is 0 Å². The second kappa shape index (κ2) is 4.34. The van der Waals surface area contributed by atoms with Crippen molar-refractivity contribution in [3.05, 3.63) is 48.1 Å². The molecule has 0 saturated carbocycles. The van der Waals surface area contributed by atoms with Gasteiger partial charge >= 0.3 is 0 Å². The quantitative estimate of drug-likeness (QED) is 0.852.